The van der Waals surface area contributed by atoms with Crippen molar-refractivity contribution in [3.8, 4) is 0 Å². The van der Waals surface area contributed by atoms with Crippen LogP contribution in [0.2, 0.25) is 0 Å². The number of hydrogen-bond donors (Lipinski definition) is 1. The van der Waals surface area contributed by atoms with Crippen molar-refractivity contribution in [3.05, 3.63) is 60.7 Å². The number of benzene rings is 2. The molecule has 0 unspecified atom stereocenters. The zero-order valence-electron chi connectivity index (χ0n) is 16.7. The van der Waals surface area contributed by atoms with Gasteiger partial charge in [0.05, 0.1) is 4.90 Å². The van der Waals surface area contributed by atoms with E-state index in [9.17, 15) is 13.2 Å². The van der Waals surface area contributed by atoms with Crippen molar-refractivity contribution in [2.75, 3.05) is 51.2 Å². The summed E-state index contributed by atoms with van der Waals surface area (Å²) in [5.74, 6) is 0. The minimum absolute atomic E-state index is 0.135. The quantitative estimate of drug-likeness (QED) is 0.703. The normalized spacial score (nSPS) is 15.1. The van der Waals surface area contributed by atoms with E-state index in [0.29, 0.717) is 37.6 Å². The zero-order chi connectivity index (χ0) is 20.7. The minimum Gasteiger partial charge on any atom is -0.375 e. The van der Waals surface area contributed by atoms with E-state index in [0.717, 1.165) is 18.7 Å². The summed E-state index contributed by atoms with van der Waals surface area (Å²) >= 11 is 0. The van der Waals surface area contributed by atoms with Crippen molar-refractivity contribution in [2.45, 2.75) is 11.3 Å². The molecule has 2 aromatic rings. The zero-order valence-corrected chi connectivity index (χ0v) is 17.5. The first-order valence-electron chi connectivity index (χ1n) is 9.82. The lowest BCUT2D eigenvalue weighted by Crippen LogP contribution is -2.53. The van der Waals surface area contributed by atoms with E-state index in [1.165, 1.54) is 4.31 Å². The maximum Gasteiger partial charge on any atom is 0.317 e. The molecular formula is C21H28N4O3S. The number of sulfonamides is 1. The van der Waals surface area contributed by atoms with Crippen molar-refractivity contribution in [1.29, 1.82) is 0 Å². The van der Waals surface area contributed by atoms with Crippen molar-refractivity contribution < 1.29 is 13.2 Å². The molecule has 7 nitrogen and oxygen atoms in total. The van der Waals surface area contributed by atoms with Gasteiger partial charge >= 0.3 is 6.03 Å². The first-order chi connectivity index (χ1) is 14.0. The Morgan fingerprint density at radius 2 is 1.55 bits per heavy atom. The molecule has 1 saturated heterocycles. The molecule has 0 aromatic heterocycles. The Labute approximate surface area is 173 Å². The Kier molecular flexibility index (Phi) is 7.11. The fraction of sp³-hybridized carbons (Fsp3) is 0.381. The highest BCUT2D eigenvalue weighted by molar-refractivity contribution is 7.89. The predicted octanol–water partition coefficient (Wildman–Crippen LogP) is 2.23. The second-order valence-corrected chi connectivity index (χ2v) is 8.98. The molecule has 1 aliphatic heterocycles. The topological polar surface area (TPSA) is 73.0 Å². The van der Waals surface area contributed by atoms with Gasteiger partial charge in [-0.3, -0.25) is 0 Å². The van der Waals surface area contributed by atoms with Gasteiger partial charge in [0.25, 0.3) is 0 Å². The van der Waals surface area contributed by atoms with Crippen LogP contribution in [-0.4, -0.2) is 70.0 Å². The second kappa shape index (κ2) is 9.76. The lowest BCUT2D eigenvalue weighted by Gasteiger charge is -2.34. The molecule has 29 heavy (non-hydrogen) atoms. The van der Waals surface area contributed by atoms with E-state index in [4.69, 9.17) is 0 Å². The van der Waals surface area contributed by atoms with Crippen LogP contribution in [0.3, 0.4) is 0 Å². The number of para-hydroxylation sites is 1. The van der Waals surface area contributed by atoms with Crippen molar-refractivity contribution in [2.24, 2.45) is 0 Å². The Bertz CT molecular complexity index is 883. The van der Waals surface area contributed by atoms with E-state index in [1.807, 2.05) is 25.2 Å². The fourth-order valence-corrected chi connectivity index (χ4v) is 4.75. The third kappa shape index (κ3) is 5.48. The van der Waals surface area contributed by atoms with Gasteiger partial charge < -0.3 is 15.1 Å². The van der Waals surface area contributed by atoms with Gasteiger partial charge in [-0.2, -0.15) is 4.31 Å². The molecule has 1 N–H and O–H groups in total. The van der Waals surface area contributed by atoms with E-state index >= 15 is 0 Å². The molecular weight excluding hydrogens is 388 g/mol. The van der Waals surface area contributed by atoms with Crippen LogP contribution in [0.15, 0.2) is 65.6 Å². The van der Waals surface area contributed by atoms with Crippen LogP contribution < -0.4 is 10.2 Å². The molecule has 1 heterocycles. The first-order valence-corrected chi connectivity index (χ1v) is 11.3. The van der Waals surface area contributed by atoms with Crippen LogP contribution in [0.1, 0.15) is 6.42 Å². The van der Waals surface area contributed by atoms with Gasteiger partial charge in [-0.05, 0) is 30.7 Å². The third-order valence-electron chi connectivity index (χ3n) is 5.05. The maximum atomic E-state index is 12.7. The summed E-state index contributed by atoms with van der Waals surface area (Å²) in [5.41, 5.74) is 1.15. The number of amides is 2. The lowest BCUT2D eigenvalue weighted by atomic mass is 10.3. The molecule has 8 heteroatoms. The molecule has 2 amide bonds. The Morgan fingerprint density at radius 3 is 2.17 bits per heavy atom. The van der Waals surface area contributed by atoms with E-state index in [-0.39, 0.29) is 6.03 Å². The largest absolute Gasteiger partial charge is 0.375 e. The summed E-state index contributed by atoms with van der Waals surface area (Å²) < 4.78 is 26.8. The number of piperazine rings is 1. The molecule has 2 aromatic carbocycles. The highest BCUT2D eigenvalue weighted by Crippen LogP contribution is 2.17. The van der Waals surface area contributed by atoms with Gasteiger partial charge in [0.2, 0.25) is 10.0 Å². The van der Waals surface area contributed by atoms with Crippen LogP contribution in [0.5, 0.6) is 0 Å². The lowest BCUT2D eigenvalue weighted by molar-refractivity contribution is 0.172. The number of nitrogens with zero attached hydrogens (tertiary/aromatic N) is 3. The number of rotatable bonds is 7. The summed E-state index contributed by atoms with van der Waals surface area (Å²) in [6, 6.07) is 18.4. The summed E-state index contributed by atoms with van der Waals surface area (Å²) in [4.78, 5) is 16.5. The smallest absolute Gasteiger partial charge is 0.317 e. The average Bonchev–Trinajstić information content (AvgIpc) is 2.77. The van der Waals surface area contributed by atoms with Crippen molar-refractivity contribution >= 4 is 21.7 Å². The summed E-state index contributed by atoms with van der Waals surface area (Å²) in [7, 11) is -1.47. The summed E-state index contributed by atoms with van der Waals surface area (Å²) in [6.45, 7) is 2.82. The molecule has 156 valence electrons. The van der Waals surface area contributed by atoms with Gasteiger partial charge in [0.1, 0.15) is 0 Å². The monoisotopic (exact) mass is 416 g/mol. The van der Waals surface area contributed by atoms with Gasteiger partial charge in [0, 0.05) is 52.0 Å². The van der Waals surface area contributed by atoms with Crippen molar-refractivity contribution in [1.82, 2.24) is 14.5 Å². The molecule has 0 radical (unpaired) electrons. The van der Waals surface area contributed by atoms with Gasteiger partial charge in [-0.25, -0.2) is 13.2 Å². The highest BCUT2D eigenvalue weighted by atomic mass is 32.2. The summed E-state index contributed by atoms with van der Waals surface area (Å²) in [5, 5.41) is 2.94. The Balaban J connectivity index is 1.40. The second-order valence-electron chi connectivity index (χ2n) is 7.05. The molecule has 1 fully saturated rings. The van der Waals surface area contributed by atoms with Gasteiger partial charge in [-0.1, -0.05) is 36.4 Å². The molecule has 0 aliphatic carbocycles. The molecule has 0 bridgehead atoms. The molecule has 0 saturated carbocycles. The van der Waals surface area contributed by atoms with Crippen LogP contribution in [-0.2, 0) is 10.0 Å². The molecule has 0 spiro atoms. The molecule has 1 aliphatic rings. The Hall–Kier alpha value is -2.58. The number of nitrogens with one attached hydrogen (secondary N) is 1. The molecule has 3 rings (SSSR count). The van der Waals surface area contributed by atoms with Crippen molar-refractivity contribution in [3.63, 3.8) is 0 Å². The number of hydrogen-bond acceptors (Lipinski definition) is 4. The summed E-state index contributed by atoms with van der Waals surface area (Å²) in [6.07, 6.45) is 0.833. The first kappa shape index (κ1) is 21.1. The Morgan fingerprint density at radius 1 is 0.966 bits per heavy atom. The molecule has 0 atom stereocenters. The van der Waals surface area contributed by atoms with Crippen LogP contribution in [0, 0.1) is 0 Å². The number of anilines is 1. The van der Waals surface area contributed by atoms with Crippen LogP contribution in [0.4, 0.5) is 10.5 Å². The van der Waals surface area contributed by atoms with Gasteiger partial charge in [0.15, 0.2) is 0 Å². The maximum absolute atomic E-state index is 12.7. The van der Waals surface area contributed by atoms with Crippen LogP contribution >= 0.6 is 0 Å². The number of carbonyl (C=O) groups is 1. The number of urea groups is 1. The van der Waals surface area contributed by atoms with Gasteiger partial charge in [-0.15, -0.1) is 0 Å². The fourth-order valence-electron chi connectivity index (χ4n) is 3.31. The third-order valence-corrected chi connectivity index (χ3v) is 6.96. The standard InChI is InChI=1S/C21H28N4O3S/c1-23(19-9-4-2-5-10-19)14-8-13-22-21(26)24-15-17-25(18-16-24)29(27,28)20-11-6-3-7-12-20/h2-7,9-12H,8,13-18H2,1H3,(H,22,26). The van der Waals surface area contributed by atoms with E-state index in [2.05, 4.69) is 22.3 Å². The number of carbonyl (C=O) groups excluding carboxylic acids is 1. The average molecular weight is 417 g/mol. The highest BCUT2D eigenvalue weighted by Gasteiger charge is 2.29. The van der Waals surface area contributed by atoms with Crippen LogP contribution in [0.25, 0.3) is 0 Å². The van der Waals surface area contributed by atoms with E-state index in [1.54, 1.807) is 35.2 Å². The predicted molar refractivity (Wildman–Crippen MR) is 115 cm³/mol. The minimum atomic E-state index is -3.50. The van der Waals surface area contributed by atoms with E-state index < -0.39 is 10.0 Å². The SMILES string of the molecule is CN(CCCNC(=O)N1CCN(S(=O)(=O)c2ccccc2)CC1)c1ccccc1.